The van der Waals surface area contributed by atoms with Crippen LogP contribution in [0.25, 0.3) is 0 Å². The zero-order valence-corrected chi connectivity index (χ0v) is 7.97. The van der Waals surface area contributed by atoms with Gasteiger partial charge in [0.15, 0.2) is 0 Å². The second-order valence-electron chi connectivity index (χ2n) is 2.80. The predicted octanol–water partition coefficient (Wildman–Crippen LogP) is 2.26. The van der Waals surface area contributed by atoms with Crippen molar-refractivity contribution in [3.05, 3.63) is 10.8 Å². The third kappa shape index (κ3) is 6.69. The summed E-state index contributed by atoms with van der Waals surface area (Å²) in [7, 11) is 1.77. The van der Waals surface area contributed by atoms with Crippen molar-refractivity contribution in [2.24, 2.45) is 0 Å². The van der Waals surface area contributed by atoms with Crippen molar-refractivity contribution in [1.29, 1.82) is 0 Å². The topological polar surface area (TPSA) is 9.23 Å². The molecule has 0 aliphatic rings. The molecule has 1 unspecified atom stereocenters. The van der Waals surface area contributed by atoms with Crippen LogP contribution in [0.15, 0.2) is 10.8 Å². The number of hydrogen-bond donors (Lipinski definition) is 0. The van der Waals surface area contributed by atoms with E-state index in [-0.39, 0.29) is 0 Å². The van der Waals surface area contributed by atoms with Gasteiger partial charge in [0.25, 0.3) is 0 Å². The first-order valence-corrected chi connectivity index (χ1v) is 4.50. The van der Waals surface area contributed by atoms with E-state index in [0.29, 0.717) is 6.10 Å². The average Bonchev–Trinajstić information content (AvgIpc) is 2.03. The fourth-order valence-corrected chi connectivity index (χ4v) is 1.10. The molecule has 1 atom stereocenters. The van der Waals surface area contributed by atoms with Crippen LogP contribution in [0.3, 0.4) is 0 Å². The normalized spacial score (nSPS) is 14.2. The fraction of sp³-hybridized carbons (Fsp3) is 0.778. The van der Waals surface area contributed by atoms with Gasteiger partial charge in [-0.25, -0.2) is 0 Å². The first kappa shape index (κ1) is 11.3. The van der Waals surface area contributed by atoms with Gasteiger partial charge in [0.2, 0.25) is 0 Å². The molecule has 0 bridgehead atoms. The summed E-state index contributed by atoms with van der Waals surface area (Å²) in [6, 6.07) is 0. The van der Waals surface area contributed by atoms with Gasteiger partial charge in [0.1, 0.15) is 0 Å². The Labute approximate surface area is 79.4 Å². The van der Waals surface area contributed by atoms with E-state index < -0.39 is 0 Å². The minimum absolute atomic E-state index is 0.339. The van der Waals surface area contributed by atoms with Gasteiger partial charge in [0.05, 0.1) is 0 Å². The molecule has 0 heterocycles. The van der Waals surface area contributed by atoms with Crippen LogP contribution in [0, 0.1) is 0 Å². The van der Waals surface area contributed by atoms with Crippen molar-refractivity contribution in [3.63, 3.8) is 0 Å². The summed E-state index contributed by atoms with van der Waals surface area (Å²) in [5.41, 5.74) is 0. The van der Waals surface area contributed by atoms with Crippen molar-refractivity contribution < 1.29 is 4.74 Å². The Hall–Kier alpha value is 0.297. The Bertz CT molecular complexity index is 102. The van der Waals surface area contributed by atoms with Crippen molar-refractivity contribution in [2.45, 2.75) is 38.7 Å². The number of methoxy groups -OCH3 is 1. The zero-order chi connectivity index (χ0) is 8.53. The van der Waals surface area contributed by atoms with Crippen LogP contribution in [-0.4, -0.2) is 30.9 Å². The van der Waals surface area contributed by atoms with Gasteiger partial charge in [-0.1, -0.05) is 0 Å². The van der Waals surface area contributed by atoms with Crippen LogP contribution in [0.5, 0.6) is 0 Å². The second kappa shape index (κ2) is 8.39. The van der Waals surface area contributed by atoms with Crippen LogP contribution < -0.4 is 0 Å². The van der Waals surface area contributed by atoms with Gasteiger partial charge in [0, 0.05) is 0 Å². The Balaban J connectivity index is 3.36. The Kier molecular flexibility index (Phi) is 8.62. The van der Waals surface area contributed by atoms with E-state index in [0.717, 1.165) is 6.42 Å². The monoisotopic (exact) mass is 148 g/mol. The molecule has 11 heavy (non-hydrogen) atoms. The molecule has 2 heteroatoms. The van der Waals surface area contributed by atoms with Gasteiger partial charge in [-0.3, -0.25) is 0 Å². The molecule has 1 nitrogen and oxygen atoms in total. The minimum atomic E-state index is 0.339. The van der Waals surface area contributed by atoms with Crippen LogP contribution in [0.2, 0.25) is 0 Å². The maximum atomic E-state index is 5.25. The summed E-state index contributed by atoms with van der Waals surface area (Å²) in [5.74, 6) is 0. The summed E-state index contributed by atoms with van der Waals surface area (Å²) in [4.78, 5) is 0. The molecule has 0 spiro atoms. The molecule has 0 saturated carbocycles. The first-order valence-electron chi connectivity index (χ1n) is 4.50. The second-order valence-corrected chi connectivity index (χ2v) is 2.80. The van der Waals surface area contributed by atoms with Gasteiger partial charge >= 0.3 is 79.1 Å². The molecule has 0 rings (SSSR count). The molecule has 0 N–H and O–H groups in total. The van der Waals surface area contributed by atoms with Crippen LogP contribution in [-0.2, 0) is 4.74 Å². The third-order valence-corrected chi connectivity index (χ3v) is 1.80. The molecule has 0 aliphatic heterocycles. The van der Waals surface area contributed by atoms with E-state index in [1.54, 1.807) is 7.11 Å². The average molecular weight is 148 g/mol. The molecule has 0 aromatic rings. The Morgan fingerprint density at radius 3 is 2.64 bits per heavy atom. The van der Waals surface area contributed by atoms with Crippen molar-refractivity contribution >= 4 is 17.7 Å². The molecule has 0 aromatic heterocycles. The van der Waals surface area contributed by atoms with E-state index in [1.807, 2.05) is 17.7 Å². The summed E-state index contributed by atoms with van der Waals surface area (Å²) in [5, 5.41) is 0. The molecular weight excluding hydrogens is 131 g/mol. The van der Waals surface area contributed by atoms with Gasteiger partial charge in [-0.2, -0.15) is 0 Å². The standard InChI is InChI=1S/C9H17O.Li/c1-4-6-7-8-9(5-2)10-3;/h2,5,9H,4,6-8H2,1,3H3;. The van der Waals surface area contributed by atoms with E-state index in [4.69, 9.17) is 4.74 Å². The molecule has 60 valence electrons. The fourth-order valence-electron chi connectivity index (χ4n) is 1.10. The predicted molar refractivity (Wildman–Crippen MR) is 49.8 cm³/mol. The molecule has 0 saturated heterocycles. The molecule has 0 aliphatic carbocycles. The third-order valence-electron chi connectivity index (χ3n) is 1.80. The number of hydrogen-bond acceptors (Lipinski definition) is 1. The quantitative estimate of drug-likeness (QED) is 0.414. The van der Waals surface area contributed by atoms with Gasteiger partial charge < -0.3 is 0 Å². The maximum absolute atomic E-state index is 5.25. The molecule has 0 fully saturated rings. The van der Waals surface area contributed by atoms with Crippen LogP contribution in [0.4, 0.5) is 0 Å². The zero-order valence-electron chi connectivity index (χ0n) is 7.97. The molecule has 0 radical (unpaired) electrons. The summed E-state index contributed by atoms with van der Waals surface area (Å²) >= 11 is 2.03. The summed E-state index contributed by atoms with van der Waals surface area (Å²) < 4.78 is 7.31. The SMILES string of the molecule is [Li]/[CH]=C/C(CCCCC)OC. The first-order chi connectivity index (χ1) is 5.35. The summed E-state index contributed by atoms with van der Waals surface area (Å²) in [6.45, 7) is 2.22. The van der Waals surface area contributed by atoms with E-state index in [1.165, 1.54) is 19.3 Å². The molecule has 0 aromatic carbocycles. The van der Waals surface area contributed by atoms with Gasteiger partial charge in [-0.05, 0) is 0 Å². The molecule has 0 amide bonds. The van der Waals surface area contributed by atoms with E-state index in [2.05, 4.69) is 17.7 Å². The van der Waals surface area contributed by atoms with E-state index in [9.17, 15) is 0 Å². The number of rotatable bonds is 6. The van der Waals surface area contributed by atoms with Crippen molar-refractivity contribution in [2.75, 3.05) is 7.11 Å². The van der Waals surface area contributed by atoms with Gasteiger partial charge in [-0.15, -0.1) is 0 Å². The number of unbranched alkanes of at least 4 members (excludes halogenated alkanes) is 2. The van der Waals surface area contributed by atoms with Crippen LogP contribution in [0.1, 0.15) is 32.6 Å². The van der Waals surface area contributed by atoms with Crippen molar-refractivity contribution in [1.82, 2.24) is 0 Å². The van der Waals surface area contributed by atoms with Crippen LogP contribution >= 0.6 is 0 Å². The Morgan fingerprint density at radius 1 is 1.45 bits per heavy atom. The van der Waals surface area contributed by atoms with Crippen molar-refractivity contribution in [3.8, 4) is 0 Å². The Morgan fingerprint density at radius 2 is 2.18 bits per heavy atom. The summed E-state index contributed by atoms with van der Waals surface area (Å²) in [6.07, 6.45) is 7.50. The number of ether oxygens (including phenoxy) is 1. The molecular formula is C9H17LiO. The van der Waals surface area contributed by atoms with E-state index >= 15 is 0 Å².